The van der Waals surface area contributed by atoms with Crippen molar-refractivity contribution in [3.8, 4) is 11.1 Å². The molecule has 2 amide bonds. The Labute approximate surface area is 244 Å². The average Bonchev–Trinajstić information content (AvgIpc) is 3.68. The molecule has 3 aromatic rings. The van der Waals surface area contributed by atoms with E-state index in [9.17, 15) is 9.59 Å². The lowest BCUT2D eigenvalue weighted by molar-refractivity contribution is -0.135. The van der Waals surface area contributed by atoms with Crippen molar-refractivity contribution in [2.75, 3.05) is 13.7 Å². The molecule has 212 valence electrons. The molecule has 2 fully saturated rings. The number of nitrogens with zero attached hydrogens (tertiary/aromatic N) is 2. The average molecular weight is 608 g/mol. The molecule has 1 saturated carbocycles. The number of benzene rings is 2. The normalized spacial score (nSPS) is 20.7. The van der Waals surface area contributed by atoms with Crippen LogP contribution in [0.15, 0.2) is 34.8 Å². The van der Waals surface area contributed by atoms with E-state index in [1.54, 1.807) is 0 Å². The largest absolute Gasteiger partial charge is 0.453 e. The van der Waals surface area contributed by atoms with E-state index in [2.05, 4.69) is 56.6 Å². The fraction of sp³-hybridized carbons (Fsp3) is 0.531. The van der Waals surface area contributed by atoms with Crippen LogP contribution in [0.25, 0.3) is 22.2 Å². The lowest BCUT2D eigenvalue weighted by atomic mass is 9.72. The molecular formula is C32H39BrN4O3. The molecule has 0 radical (unpaired) electrons. The number of rotatable bonds is 5. The van der Waals surface area contributed by atoms with Crippen molar-refractivity contribution in [2.45, 2.75) is 83.7 Å². The molecule has 1 spiro atoms. The third-order valence-corrected chi connectivity index (χ3v) is 10.2. The molecule has 8 heteroatoms. The number of H-pyrrole nitrogens is 1. The van der Waals surface area contributed by atoms with Crippen LogP contribution in [0.4, 0.5) is 4.79 Å². The van der Waals surface area contributed by atoms with Gasteiger partial charge in [0.15, 0.2) is 0 Å². The van der Waals surface area contributed by atoms with Crippen molar-refractivity contribution in [1.82, 2.24) is 20.2 Å². The first-order valence-corrected chi connectivity index (χ1v) is 15.5. The van der Waals surface area contributed by atoms with Gasteiger partial charge >= 0.3 is 6.09 Å². The molecule has 6 rings (SSSR count). The topological polar surface area (TPSA) is 87.3 Å². The summed E-state index contributed by atoms with van der Waals surface area (Å²) in [5, 5.41) is 2.73. The van der Waals surface area contributed by atoms with Gasteiger partial charge in [-0.25, -0.2) is 9.78 Å². The van der Waals surface area contributed by atoms with E-state index in [0.717, 1.165) is 29.7 Å². The second kappa shape index (κ2) is 10.8. The summed E-state index contributed by atoms with van der Waals surface area (Å²) < 4.78 is 6.01. The number of aromatic nitrogens is 2. The first-order valence-electron chi connectivity index (χ1n) is 14.7. The van der Waals surface area contributed by atoms with Crippen LogP contribution in [0.3, 0.4) is 0 Å². The van der Waals surface area contributed by atoms with E-state index in [0.29, 0.717) is 12.0 Å². The molecule has 3 aliphatic rings. The summed E-state index contributed by atoms with van der Waals surface area (Å²) in [4.78, 5) is 35.8. The van der Waals surface area contributed by atoms with Crippen LogP contribution >= 0.6 is 15.9 Å². The zero-order chi connectivity index (χ0) is 28.0. The van der Waals surface area contributed by atoms with E-state index in [4.69, 9.17) is 9.72 Å². The molecule has 1 saturated heterocycles. The zero-order valence-electron chi connectivity index (χ0n) is 23.7. The summed E-state index contributed by atoms with van der Waals surface area (Å²) in [6.07, 6.45) is 10.2. The number of amides is 2. The van der Waals surface area contributed by atoms with E-state index >= 15 is 0 Å². The number of fused-ring (bicyclic) bond motifs is 2. The number of hydrogen-bond donors (Lipinski definition) is 2. The van der Waals surface area contributed by atoms with E-state index in [1.807, 2.05) is 18.7 Å². The van der Waals surface area contributed by atoms with Gasteiger partial charge in [0.25, 0.3) is 0 Å². The van der Waals surface area contributed by atoms with Crippen molar-refractivity contribution >= 4 is 39.0 Å². The SMILES string of the molecule is COC(=O)NC(C(=O)N1CCC[C@H]1c1nc2ccc(-c3ccc(Br)c4c3CC3(CCCCC3)C4)cc2[nH]1)C(C)C. The monoisotopic (exact) mass is 606 g/mol. The summed E-state index contributed by atoms with van der Waals surface area (Å²) in [7, 11) is 1.31. The summed E-state index contributed by atoms with van der Waals surface area (Å²) in [5.74, 6) is 0.651. The Kier molecular flexibility index (Phi) is 7.40. The van der Waals surface area contributed by atoms with Crippen LogP contribution in [-0.4, -0.2) is 46.6 Å². The fourth-order valence-corrected chi connectivity index (χ4v) is 7.85. The number of aromatic amines is 1. The van der Waals surface area contributed by atoms with Gasteiger partial charge in [0.05, 0.1) is 24.2 Å². The van der Waals surface area contributed by atoms with E-state index in [1.165, 1.54) is 78.8 Å². The number of imidazole rings is 1. The first-order chi connectivity index (χ1) is 19.3. The minimum Gasteiger partial charge on any atom is -0.453 e. The molecular weight excluding hydrogens is 568 g/mol. The Bertz CT molecular complexity index is 1440. The molecule has 2 atom stereocenters. The van der Waals surface area contributed by atoms with Gasteiger partial charge in [-0.2, -0.15) is 0 Å². The standard InChI is InChI=1S/C32H39BrN4O3/c1-19(2)28(36-31(39)40-3)30(38)37-15-7-8-27(37)29-34-25-12-9-20(16-26(25)35-29)21-10-11-24(33)23-18-32(17-22(21)23)13-5-4-6-14-32/h9-12,16,19,27-28H,4-8,13-15,17-18H2,1-3H3,(H,34,35)(H,36,39)/t27-,28?/m0/s1. The molecule has 0 bridgehead atoms. The van der Waals surface area contributed by atoms with Gasteiger partial charge in [-0.05, 0) is 90.3 Å². The second-order valence-corrected chi connectivity index (χ2v) is 13.2. The highest BCUT2D eigenvalue weighted by Crippen LogP contribution is 2.51. The number of likely N-dealkylation sites (tertiary alicyclic amines) is 1. The highest BCUT2D eigenvalue weighted by Gasteiger charge is 2.40. The quantitative estimate of drug-likeness (QED) is 0.325. The highest BCUT2D eigenvalue weighted by atomic mass is 79.9. The molecule has 40 heavy (non-hydrogen) atoms. The number of methoxy groups -OCH3 is 1. The van der Waals surface area contributed by atoms with Gasteiger partial charge < -0.3 is 19.9 Å². The third kappa shape index (κ3) is 4.93. The molecule has 1 unspecified atom stereocenters. The Morgan fingerprint density at radius 2 is 1.88 bits per heavy atom. The van der Waals surface area contributed by atoms with Gasteiger partial charge in [-0.15, -0.1) is 0 Å². The van der Waals surface area contributed by atoms with Crippen LogP contribution in [0, 0.1) is 11.3 Å². The molecule has 2 aromatic carbocycles. The van der Waals surface area contributed by atoms with Crippen LogP contribution in [0.5, 0.6) is 0 Å². The number of halogens is 1. The van der Waals surface area contributed by atoms with Crippen molar-refractivity contribution in [3.05, 3.63) is 51.8 Å². The Hall–Kier alpha value is -2.87. The first kappa shape index (κ1) is 27.3. The predicted octanol–water partition coefficient (Wildman–Crippen LogP) is 7.09. The molecule has 7 nitrogen and oxygen atoms in total. The van der Waals surface area contributed by atoms with Crippen LogP contribution in [0.1, 0.15) is 81.8 Å². The van der Waals surface area contributed by atoms with Crippen molar-refractivity contribution in [1.29, 1.82) is 0 Å². The van der Waals surface area contributed by atoms with Gasteiger partial charge in [-0.1, -0.05) is 61.2 Å². The number of carbonyl (C=O) groups excluding carboxylic acids is 2. The number of ether oxygens (including phenoxy) is 1. The van der Waals surface area contributed by atoms with Crippen molar-refractivity contribution < 1.29 is 14.3 Å². The lowest BCUT2D eigenvalue weighted by Gasteiger charge is -2.33. The van der Waals surface area contributed by atoms with E-state index in [-0.39, 0.29) is 17.9 Å². The molecule has 1 aliphatic heterocycles. The van der Waals surface area contributed by atoms with Crippen LogP contribution in [-0.2, 0) is 22.4 Å². The molecule has 2 heterocycles. The maximum atomic E-state index is 13.6. The minimum absolute atomic E-state index is 0.0635. The third-order valence-electron chi connectivity index (χ3n) is 9.45. The van der Waals surface area contributed by atoms with Crippen molar-refractivity contribution in [3.63, 3.8) is 0 Å². The van der Waals surface area contributed by atoms with Gasteiger partial charge in [0.2, 0.25) is 5.91 Å². The Morgan fingerprint density at radius 1 is 1.10 bits per heavy atom. The summed E-state index contributed by atoms with van der Waals surface area (Å²) in [6.45, 7) is 4.51. The number of alkyl carbamates (subject to hydrolysis) is 1. The summed E-state index contributed by atoms with van der Waals surface area (Å²) >= 11 is 3.86. The Morgan fingerprint density at radius 3 is 2.62 bits per heavy atom. The highest BCUT2D eigenvalue weighted by molar-refractivity contribution is 9.10. The second-order valence-electron chi connectivity index (χ2n) is 12.4. The maximum absolute atomic E-state index is 13.6. The summed E-state index contributed by atoms with van der Waals surface area (Å²) in [5.41, 5.74) is 7.85. The predicted molar refractivity (Wildman–Crippen MR) is 160 cm³/mol. The maximum Gasteiger partial charge on any atom is 0.407 e. The number of hydrogen-bond acceptors (Lipinski definition) is 4. The zero-order valence-corrected chi connectivity index (χ0v) is 25.3. The van der Waals surface area contributed by atoms with Crippen LogP contribution < -0.4 is 5.32 Å². The molecule has 1 aromatic heterocycles. The Balaban J connectivity index is 1.29. The smallest absolute Gasteiger partial charge is 0.407 e. The number of carbonyl (C=O) groups is 2. The van der Waals surface area contributed by atoms with Gasteiger partial charge in [-0.3, -0.25) is 4.79 Å². The number of nitrogens with one attached hydrogen (secondary N) is 2. The van der Waals surface area contributed by atoms with Gasteiger partial charge in [0.1, 0.15) is 11.9 Å². The van der Waals surface area contributed by atoms with E-state index < -0.39 is 12.1 Å². The molecule has 2 aliphatic carbocycles. The van der Waals surface area contributed by atoms with Crippen LogP contribution in [0.2, 0.25) is 0 Å². The minimum atomic E-state index is -0.643. The fourth-order valence-electron chi connectivity index (χ4n) is 7.34. The summed E-state index contributed by atoms with van der Waals surface area (Å²) in [6, 6.07) is 10.2. The lowest BCUT2D eigenvalue weighted by Crippen LogP contribution is -2.51. The van der Waals surface area contributed by atoms with Crippen molar-refractivity contribution in [2.24, 2.45) is 11.3 Å². The molecule has 2 N–H and O–H groups in total. The van der Waals surface area contributed by atoms with Gasteiger partial charge in [0, 0.05) is 11.0 Å².